The van der Waals surface area contributed by atoms with Crippen LogP contribution in [0.4, 0.5) is 0 Å². The number of alkyl halides is 1. The Labute approximate surface area is 93.1 Å². The third-order valence-corrected chi connectivity index (χ3v) is 3.09. The average molecular weight is 281 g/mol. The quantitative estimate of drug-likeness (QED) is 0.388. The zero-order valence-corrected chi connectivity index (χ0v) is 10.4. The standard InChI is InChI=1S/C9H14BrO3P/c1-3-7-12-14(11,9-5-6-10)13-8-4-2/h3-5,9H,1-2,6-8H2/b9-5+. The van der Waals surface area contributed by atoms with Crippen LogP contribution in [0.2, 0.25) is 0 Å². The molecule has 0 atom stereocenters. The summed E-state index contributed by atoms with van der Waals surface area (Å²) in [6.07, 6.45) is 4.71. The molecule has 3 nitrogen and oxygen atoms in total. The van der Waals surface area contributed by atoms with Crippen LogP contribution in [0.5, 0.6) is 0 Å². The maximum atomic E-state index is 11.8. The fraction of sp³-hybridized carbons (Fsp3) is 0.333. The Kier molecular flexibility index (Phi) is 8.09. The van der Waals surface area contributed by atoms with Crippen LogP contribution in [-0.4, -0.2) is 18.5 Å². The van der Waals surface area contributed by atoms with Gasteiger partial charge in [-0.25, -0.2) is 0 Å². The average Bonchev–Trinajstić information content (AvgIpc) is 2.21. The van der Waals surface area contributed by atoms with Crippen molar-refractivity contribution in [1.29, 1.82) is 0 Å². The van der Waals surface area contributed by atoms with Gasteiger partial charge in [0.25, 0.3) is 0 Å². The fourth-order valence-corrected chi connectivity index (χ4v) is 2.32. The SMILES string of the molecule is C=CCOP(=O)(/C=C/CBr)OCC=C. The van der Waals surface area contributed by atoms with E-state index in [9.17, 15) is 4.57 Å². The lowest BCUT2D eigenvalue weighted by molar-refractivity contribution is 0.246. The summed E-state index contributed by atoms with van der Waals surface area (Å²) in [5.74, 6) is 1.43. The number of halogens is 1. The topological polar surface area (TPSA) is 35.5 Å². The summed E-state index contributed by atoms with van der Waals surface area (Å²) in [4.78, 5) is 0. The molecule has 0 radical (unpaired) electrons. The van der Waals surface area contributed by atoms with Gasteiger partial charge in [-0.1, -0.05) is 34.2 Å². The molecule has 0 aliphatic carbocycles. The Balaban J connectivity index is 4.31. The van der Waals surface area contributed by atoms with E-state index in [-0.39, 0.29) is 13.2 Å². The van der Waals surface area contributed by atoms with Gasteiger partial charge in [0.15, 0.2) is 0 Å². The van der Waals surface area contributed by atoms with Crippen molar-refractivity contribution < 1.29 is 13.6 Å². The summed E-state index contributed by atoms with van der Waals surface area (Å²) in [5, 5.41) is 0.603. The van der Waals surface area contributed by atoms with E-state index in [1.54, 1.807) is 6.08 Å². The van der Waals surface area contributed by atoms with Crippen LogP contribution < -0.4 is 0 Å². The summed E-state index contributed by atoms with van der Waals surface area (Å²) in [7, 11) is -3.12. The van der Waals surface area contributed by atoms with Gasteiger partial charge in [0.2, 0.25) is 0 Å². The maximum absolute atomic E-state index is 11.8. The van der Waals surface area contributed by atoms with Gasteiger partial charge in [0, 0.05) is 11.1 Å². The molecule has 0 rings (SSSR count). The molecule has 0 saturated heterocycles. The van der Waals surface area contributed by atoms with E-state index >= 15 is 0 Å². The summed E-state index contributed by atoms with van der Waals surface area (Å²) >= 11 is 3.18. The molecule has 14 heavy (non-hydrogen) atoms. The van der Waals surface area contributed by atoms with E-state index in [0.717, 1.165) is 0 Å². The van der Waals surface area contributed by atoms with Crippen molar-refractivity contribution in [3.8, 4) is 0 Å². The van der Waals surface area contributed by atoms with Crippen LogP contribution >= 0.6 is 23.5 Å². The first-order valence-corrected chi connectivity index (χ1v) is 6.76. The monoisotopic (exact) mass is 280 g/mol. The van der Waals surface area contributed by atoms with Gasteiger partial charge in [-0.3, -0.25) is 4.57 Å². The first-order valence-electron chi connectivity index (χ1n) is 4.03. The highest BCUT2D eigenvalue weighted by atomic mass is 79.9. The highest BCUT2D eigenvalue weighted by Gasteiger charge is 2.18. The van der Waals surface area contributed by atoms with Crippen molar-refractivity contribution in [2.24, 2.45) is 0 Å². The molecule has 0 unspecified atom stereocenters. The minimum Gasteiger partial charge on any atom is -0.301 e. The Bertz CT molecular complexity index is 234. The van der Waals surface area contributed by atoms with Crippen molar-refractivity contribution in [3.63, 3.8) is 0 Å². The van der Waals surface area contributed by atoms with Crippen LogP contribution in [0.1, 0.15) is 0 Å². The molecular formula is C9H14BrO3P. The molecule has 0 aliphatic rings. The van der Waals surface area contributed by atoms with E-state index in [0.29, 0.717) is 5.33 Å². The zero-order chi connectivity index (χ0) is 10.9. The van der Waals surface area contributed by atoms with E-state index in [2.05, 4.69) is 29.1 Å². The summed E-state index contributed by atoms with van der Waals surface area (Å²) in [6.45, 7) is 7.33. The summed E-state index contributed by atoms with van der Waals surface area (Å²) < 4.78 is 21.9. The molecule has 0 bridgehead atoms. The van der Waals surface area contributed by atoms with E-state index in [1.165, 1.54) is 18.0 Å². The van der Waals surface area contributed by atoms with Crippen LogP contribution in [0.25, 0.3) is 0 Å². The first kappa shape index (κ1) is 13.8. The van der Waals surface area contributed by atoms with Gasteiger partial charge in [0.1, 0.15) is 0 Å². The van der Waals surface area contributed by atoms with Crippen molar-refractivity contribution in [1.82, 2.24) is 0 Å². The van der Waals surface area contributed by atoms with Crippen molar-refractivity contribution in [2.45, 2.75) is 0 Å². The highest BCUT2D eigenvalue weighted by Crippen LogP contribution is 2.49. The van der Waals surface area contributed by atoms with Crippen LogP contribution in [-0.2, 0) is 13.6 Å². The Hall–Kier alpha value is -0.150. The normalized spacial score (nSPS) is 11.8. The first-order chi connectivity index (χ1) is 6.68. The van der Waals surface area contributed by atoms with Gasteiger partial charge in [-0.2, -0.15) is 0 Å². The second kappa shape index (κ2) is 8.18. The third kappa shape index (κ3) is 6.33. The molecular weight excluding hydrogens is 267 g/mol. The minimum absolute atomic E-state index is 0.195. The Morgan fingerprint density at radius 3 is 2.07 bits per heavy atom. The Morgan fingerprint density at radius 2 is 1.71 bits per heavy atom. The zero-order valence-electron chi connectivity index (χ0n) is 7.89. The molecule has 0 saturated carbocycles. The molecule has 0 aromatic rings. The molecule has 5 heteroatoms. The second-order valence-corrected chi connectivity index (χ2v) is 4.79. The lowest BCUT2D eigenvalue weighted by Crippen LogP contribution is -1.94. The second-order valence-electron chi connectivity index (χ2n) is 2.25. The maximum Gasteiger partial charge on any atom is 0.354 e. The molecule has 0 spiro atoms. The number of rotatable bonds is 8. The predicted molar refractivity (Wildman–Crippen MR) is 62.8 cm³/mol. The molecule has 0 N–H and O–H groups in total. The Morgan fingerprint density at radius 1 is 1.21 bits per heavy atom. The highest BCUT2D eigenvalue weighted by molar-refractivity contribution is 9.09. The minimum atomic E-state index is -3.12. The van der Waals surface area contributed by atoms with Crippen LogP contribution in [0.3, 0.4) is 0 Å². The molecule has 0 heterocycles. The number of hydrogen-bond acceptors (Lipinski definition) is 3. The van der Waals surface area contributed by atoms with Gasteiger partial charge >= 0.3 is 7.60 Å². The van der Waals surface area contributed by atoms with E-state index in [1.807, 2.05) is 0 Å². The van der Waals surface area contributed by atoms with Crippen LogP contribution in [0, 0.1) is 0 Å². The lowest BCUT2D eigenvalue weighted by Gasteiger charge is -2.12. The fourth-order valence-electron chi connectivity index (χ4n) is 0.605. The summed E-state index contributed by atoms with van der Waals surface area (Å²) in [6, 6.07) is 0. The molecule has 0 aromatic carbocycles. The molecule has 0 amide bonds. The number of hydrogen-bond donors (Lipinski definition) is 0. The van der Waals surface area contributed by atoms with Gasteiger partial charge < -0.3 is 9.05 Å². The summed E-state index contributed by atoms with van der Waals surface area (Å²) in [5.41, 5.74) is 0. The molecule has 80 valence electrons. The molecule has 0 aromatic heterocycles. The van der Waals surface area contributed by atoms with Crippen LogP contribution in [0.15, 0.2) is 37.2 Å². The van der Waals surface area contributed by atoms with Crippen molar-refractivity contribution in [2.75, 3.05) is 18.5 Å². The van der Waals surface area contributed by atoms with E-state index < -0.39 is 7.60 Å². The molecule has 0 aliphatic heterocycles. The lowest BCUT2D eigenvalue weighted by atomic mass is 10.7. The van der Waals surface area contributed by atoms with Gasteiger partial charge in [-0.05, 0) is 0 Å². The van der Waals surface area contributed by atoms with Gasteiger partial charge in [0.05, 0.1) is 13.2 Å². The molecule has 0 fully saturated rings. The van der Waals surface area contributed by atoms with Crippen molar-refractivity contribution >= 4 is 23.5 Å². The van der Waals surface area contributed by atoms with Gasteiger partial charge in [-0.15, -0.1) is 13.2 Å². The predicted octanol–water partition coefficient (Wildman–Crippen LogP) is 3.49. The van der Waals surface area contributed by atoms with E-state index in [4.69, 9.17) is 9.05 Å². The number of allylic oxidation sites excluding steroid dienone is 1. The third-order valence-electron chi connectivity index (χ3n) is 1.12. The largest absolute Gasteiger partial charge is 0.354 e. The van der Waals surface area contributed by atoms with Crippen molar-refractivity contribution in [3.05, 3.63) is 37.2 Å². The smallest absolute Gasteiger partial charge is 0.301 e.